The van der Waals surface area contributed by atoms with Crippen molar-refractivity contribution in [2.45, 2.75) is 12.8 Å². The van der Waals surface area contributed by atoms with Crippen LogP contribution in [0.3, 0.4) is 0 Å². The van der Waals surface area contributed by atoms with Crippen LogP contribution in [0.2, 0.25) is 0 Å². The lowest BCUT2D eigenvalue weighted by Crippen LogP contribution is -2.41. The van der Waals surface area contributed by atoms with E-state index in [0.29, 0.717) is 25.9 Å². The second-order valence-electron chi connectivity index (χ2n) is 4.49. The molecular weight excluding hydrogens is 266 g/mol. The Morgan fingerprint density at radius 3 is 2.95 bits per heavy atom. The van der Waals surface area contributed by atoms with Crippen molar-refractivity contribution in [1.29, 1.82) is 0 Å². The lowest BCUT2D eigenvalue weighted by molar-refractivity contribution is -0.384. The summed E-state index contributed by atoms with van der Waals surface area (Å²) in [4.78, 5) is 31.1. The molecule has 1 saturated heterocycles. The first kappa shape index (κ1) is 13.9. The summed E-state index contributed by atoms with van der Waals surface area (Å²) in [5.41, 5.74) is 7.31. The highest BCUT2D eigenvalue weighted by Crippen LogP contribution is 2.29. The number of aromatic nitrogens is 2. The highest BCUT2D eigenvalue weighted by molar-refractivity contribution is 5.77. The smallest absolute Gasteiger partial charge is 0.329 e. The number of rotatable bonds is 4. The van der Waals surface area contributed by atoms with Crippen LogP contribution in [-0.2, 0) is 4.79 Å². The van der Waals surface area contributed by atoms with Gasteiger partial charge >= 0.3 is 5.69 Å². The summed E-state index contributed by atoms with van der Waals surface area (Å²) in [5.74, 6) is 4.68. The molecule has 0 bridgehead atoms. The van der Waals surface area contributed by atoms with E-state index in [0.717, 1.165) is 6.20 Å². The number of nitrogen functional groups attached to an aromatic ring is 1. The summed E-state index contributed by atoms with van der Waals surface area (Å²) in [5, 5.41) is 11.0. The van der Waals surface area contributed by atoms with Crippen molar-refractivity contribution in [3.05, 3.63) is 16.3 Å². The normalized spacial score (nSPS) is 18.6. The molecule has 1 aromatic rings. The Bertz CT molecular complexity index is 536. The number of nitrogens with two attached hydrogens (primary N) is 2. The molecule has 10 heteroatoms. The fourth-order valence-electron chi connectivity index (χ4n) is 2.20. The number of nitrogens with zero attached hydrogens (tertiary/aromatic N) is 4. The Morgan fingerprint density at radius 2 is 2.35 bits per heavy atom. The molecule has 1 aliphatic rings. The van der Waals surface area contributed by atoms with Crippen molar-refractivity contribution >= 4 is 23.4 Å². The van der Waals surface area contributed by atoms with Crippen LogP contribution in [-0.4, -0.2) is 33.9 Å². The van der Waals surface area contributed by atoms with Gasteiger partial charge in [0.25, 0.3) is 0 Å². The molecule has 2 heterocycles. The number of hydrogen-bond donors (Lipinski definition) is 3. The summed E-state index contributed by atoms with van der Waals surface area (Å²) in [6.07, 6.45) is 2.47. The molecule has 0 saturated carbocycles. The zero-order chi connectivity index (χ0) is 14.7. The maximum atomic E-state index is 11.3. The van der Waals surface area contributed by atoms with Crippen LogP contribution in [0.5, 0.6) is 0 Å². The van der Waals surface area contributed by atoms with Crippen molar-refractivity contribution in [2.75, 3.05) is 23.4 Å². The average molecular weight is 281 g/mol. The summed E-state index contributed by atoms with van der Waals surface area (Å²) >= 11 is 0. The Hall–Kier alpha value is -2.49. The Kier molecular flexibility index (Phi) is 3.94. The van der Waals surface area contributed by atoms with E-state index in [1.807, 2.05) is 0 Å². The zero-order valence-electron chi connectivity index (χ0n) is 10.7. The number of piperidine rings is 1. The van der Waals surface area contributed by atoms with E-state index in [4.69, 9.17) is 11.6 Å². The number of nitro groups is 1. The fraction of sp³-hybridized carbons (Fsp3) is 0.500. The van der Waals surface area contributed by atoms with Gasteiger partial charge in [0.15, 0.2) is 0 Å². The quantitative estimate of drug-likeness (QED) is 0.374. The van der Waals surface area contributed by atoms with Crippen LogP contribution in [0.4, 0.5) is 17.5 Å². The number of hydrazine groups is 1. The third kappa shape index (κ3) is 2.74. The maximum absolute atomic E-state index is 11.3. The van der Waals surface area contributed by atoms with Gasteiger partial charge in [-0.2, -0.15) is 4.98 Å². The van der Waals surface area contributed by atoms with E-state index in [2.05, 4.69) is 15.4 Å². The molecule has 0 radical (unpaired) electrons. The van der Waals surface area contributed by atoms with Gasteiger partial charge < -0.3 is 10.6 Å². The Labute approximate surface area is 114 Å². The number of carbonyl (C=O) groups is 1. The number of nitrogens with one attached hydrogen (secondary N) is 1. The molecule has 1 aliphatic heterocycles. The number of anilines is 2. The van der Waals surface area contributed by atoms with Crippen LogP contribution in [0.15, 0.2) is 6.20 Å². The van der Waals surface area contributed by atoms with Gasteiger partial charge in [0.1, 0.15) is 6.20 Å². The van der Waals surface area contributed by atoms with Gasteiger partial charge in [-0.25, -0.2) is 10.8 Å². The van der Waals surface area contributed by atoms with Crippen LogP contribution < -0.4 is 21.9 Å². The summed E-state index contributed by atoms with van der Waals surface area (Å²) in [6, 6.07) is 0. The minimum atomic E-state index is -0.566. The van der Waals surface area contributed by atoms with E-state index >= 15 is 0 Å². The predicted octanol–water partition coefficient (Wildman–Crippen LogP) is -0.628. The van der Waals surface area contributed by atoms with Crippen LogP contribution >= 0.6 is 0 Å². The molecule has 1 unspecified atom stereocenters. The van der Waals surface area contributed by atoms with Crippen molar-refractivity contribution in [3.8, 4) is 0 Å². The first-order valence-corrected chi connectivity index (χ1v) is 6.05. The third-order valence-corrected chi connectivity index (χ3v) is 3.20. The van der Waals surface area contributed by atoms with Gasteiger partial charge in [-0.15, -0.1) is 0 Å². The standard InChI is InChI=1S/C10H15N7O3/c11-8(18)6-2-1-3-16(5-6)9-7(17(19)20)4-13-10(14-9)15-12/h4,6H,1-3,5,12H2,(H2,11,18)(H,13,14,15). The van der Waals surface area contributed by atoms with Gasteiger partial charge in [0.2, 0.25) is 17.7 Å². The van der Waals surface area contributed by atoms with Crippen LogP contribution in [0.1, 0.15) is 12.8 Å². The van der Waals surface area contributed by atoms with E-state index in [1.54, 1.807) is 4.90 Å². The molecule has 20 heavy (non-hydrogen) atoms. The molecular formula is C10H15N7O3. The lowest BCUT2D eigenvalue weighted by Gasteiger charge is -2.31. The average Bonchev–Trinajstić information content (AvgIpc) is 2.46. The van der Waals surface area contributed by atoms with E-state index in [1.165, 1.54) is 0 Å². The highest BCUT2D eigenvalue weighted by atomic mass is 16.6. The van der Waals surface area contributed by atoms with Gasteiger partial charge in [0, 0.05) is 13.1 Å². The SMILES string of the molecule is NNc1ncc([N+](=O)[O-])c(N2CCCC(C(N)=O)C2)n1. The number of carbonyl (C=O) groups excluding carboxylic acids is 1. The molecule has 2 rings (SSSR count). The van der Waals surface area contributed by atoms with Gasteiger partial charge in [0.05, 0.1) is 10.8 Å². The molecule has 0 spiro atoms. The molecule has 1 atom stereocenters. The third-order valence-electron chi connectivity index (χ3n) is 3.20. The van der Waals surface area contributed by atoms with Crippen molar-refractivity contribution in [1.82, 2.24) is 9.97 Å². The van der Waals surface area contributed by atoms with Gasteiger partial charge in [-0.3, -0.25) is 20.3 Å². The Balaban J connectivity index is 2.34. The molecule has 5 N–H and O–H groups in total. The molecule has 0 aromatic carbocycles. The fourth-order valence-corrected chi connectivity index (χ4v) is 2.20. The monoisotopic (exact) mass is 281 g/mol. The second kappa shape index (κ2) is 5.65. The minimum absolute atomic E-state index is 0.0757. The zero-order valence-corrected chi connectivity index (χ0v) is 10.7. The first-order valence-electron chi connectivity index (χ1n) is 6.05. The number of amides is 1. The van der Waals surface area contributed by atoms with E-state index in [-0.39, 0.29) is 23.4 Å². The largest absolute Gasteiger partial charge is 0.369 e. The highest BCUT2D eigenvalue weighted by Gasteiger charge is 2.29. The van der Waals surface area contributed by atoms with Crippen molar-refractivity contribution < 1.29 is 9.72 Å². The van der Waals surface area contributed by atoms with Crippen LogP contribution in [0, 0.1) is 16.0 Å². The van der Waals surface area contributed by atoms with Crippen molar-refractivity contribution in [2.24, 2.45) is 17.5 Å². The van der Waals surface area contributed by atoms with Gasteiger partial charge in [-0.1, -0.05) is 0 Å². The minimum Gasteiger partial charge on any atom is -0.369 e. The van der Waals surface area contributed by atoms with Crippen LogP contribution in [0.25, 0.3) is 0 Å². The van der Waals surface area contributed by atoms with Gasteiger partial charge in [-0.05, 0) is 12.8 Å². The second-order valence-corrected chi connectivity index (χ2v) is 4.49. The molecule has 108 valence electrons. The van der Waals surface area contributed by atoms with Crippen molar-refractivity contribution in [3.63, 3.8) is 0 Å². The van der Waals surface area contributed by atoms with E-state index < -0.39 is 10.8 Å². The van der Waals surface area contributed by atoms with E-state index in [9.17, 15) is 14.9 Å². The molecule has 1 amide bonds. The summed E-state index contributed by atoms with van der Waals surface area (Å²) < 4.78 is 0. The summed E-state index contributed by atoms with van der Waals surface area (Å²) in [6.45, 7) is 0.864. The predicted molar refractivity (Wildman–Crippen MR) is 70.6 cm³/mol. The lowest BCUT2D eigenvalue weighted by atomic mass is 9.97. The maximum Gasteiger partial charge on any atom is 0.329 e. The topological polar surface area (TPSA) is 153 Å². The summed E-state index contributed by atoms with van der Waals surface area (Å²) in [7, 11) is 0. The number of hydrogen-bond acceptors (Lipinski definition) is 8. The first-order chi connectivity index (χ1) is 9.52. The Morgan fingerprint density at radius 1 is 1.60 bits per heavy atom. The molecule has 10 nitrogen and oxygen atoms in total. The number of primary amides is 1. The molecule has 1 fully saturated rings. The molecule has 1 aromatic heterocycles. The molecule has 0 aliphatic carbocycles.